The van der Waals surface area contributed by atoms with Crippen molar-refractivity contribution in [2.45, 2.75) is 34.4 Å². The van der Waals surface area contributed by atoms with Gasteiger partial charge in [-0.15, -0.1) is 6.42 Å². The van der Waals surface area contributed by atoms with Crippen molar-refractivity contribution in [1.82, 2.24) is 29.9 Å². The summed E-state index contributed by atoms with van der Waals surface area (Å²) in [5.74, 6) is 5.94. The number of halogens is 5. The third-order valence-corrected chi connectivity index (χ3v) is 16.6. The van der Waals surface area contributed by atoms with E-state index in [1.165, 1.54) is 36.7 Å². The van der Waals surface area contributed by atoms with Crippen LogP contribution in [0.4, 0.5) is 46.0 Å². The first kappa shape index (κ1) is 88.2. The maximum absolute atomic E-state index is 13.3. The lowest BCUT2D eigenvalue weighted by atomic mass is 10.1. The van der Waals surface area contributed by atoms with Gasteiger partial charge in [0.1, 0.15) is 69.0 Å². The molecule has 5 N–H and O–H groups in total. The molecular formula is C96H76ClF4N11O10. The van der Waals surface area contributed by atoms with Crippen LogP contribution in [0.25, 0.3) is 0 Å². The highest BCUT2D eigenvalue weighted by atomic mass is 35.5. The zero-order valence-corrected chi connectivity index (χ0v) is 65.4. The molecule has 9 aromatic carbocycles. The Morgan fingerprint density at radius 3 is 1.07 bits per heavy atom. The first-order chi connectivity index (χ1) is 58.6. The summed E-state index contributed by atoms with van der Waals surface area (Å²) in [6, 6.07) is 79.0. The van der Waals surface area contributed by atoms with Crippen molar-refractivity contribution in [2.75, 3.05) is 26.6 Å². The van der Waals surface area contributed by atoms with Gasteiger partial charge < -0.3 is 50.3 Å². The Kier molecular flexibility index (Phi) is 32.0. The van der Waals surface area contributed by atoms with Crippen LogP contribution in [0.15, 0.2) is 347 Å². The van der Waals surface area contributed by atoms with E-state index in [-0.39, 0.29) is 54.3 Å². The van der Waals surface area contributed by atoms with E-state index < -0.39 is 11.7 Å². The van der Waals surface area contributed by atoms with Gasteiger partial charge >= 0.3 is 6.18 Å². The average molecular weight is 1660 g/mol. The first-order valence-electron chi connectivity index (χ1n) is 36.7. The molecule has 122 heavy (non-hydrogen) atoms. The highest BCUT2D eigenvalue weighted by Crippen LogP contribution is 2.34. The molecule has 0 aliphatic rings. The van der Waals surface area contributed by atoms with E-state index in [0.29, 0.717) is 119 Å². The highest BCUT2D eigenvalue weighted by molar-refractivity contribution is 6.30. The monoisotopic (exact) mass is 1650 g/mol. The maximum Gasteiger partial charge on any atom is 0.418 e. The van der Waals surface area contributed by atoms with Gasteiger partial charge in [0.05, 0.1) is 41.6 Å². The quantitative estimate of drug-likeness (QED) is 0.0351. The van der Waals surface area contributed by atoms with Gasteiger partial charge in [0.15, 0.2) is 0 Å². The fourth-order valence-electron chi connectivity index (χ4n) is 10.8. The molecule has 0 fully saturated rings. The summed E-state index contributed by atoms with van der Waals surface area (Å²) in [4.78, 5) is 84.8. The fourth-order valence-corrected chi connectivity index (χ4v) is 10.9. The summed E-state index contributed by atoms with van der Waals surface area (Å²) in [7, 11) is 0. The normalized spacial score (nSPS) is 10.2. The molecule has 0 unspecified atom stereocenters. The molecule has 610 valence electrons. The third kappa shape index (κ3) is 28.3. The van der Waals surface area contributed by atoms with Crippen molar-refractivity contribution >= 4 is 69.6 Å². The van der Waals surface area contributed by atoms with Crippen molar-refractivity contribution in [2.24, 2.45) is 0 Å². The second-order valence-corrected chi connectivity index (χ2v) is 26.3. The Bertz CT molecular complexity index is 6100. The summed E-state index contributed by atoms with van der Waals surface area (Å²) in [5.41, 5.74) is 7.52. The highest BCUT2D eigenvalue weighted by Gasteiger charge is 2.31. The number of terminal acetylenes is 1. The predicted molar refractivity (Wildman–Crippen MR) is 462 cm³/mol. The molecule has 15 aromatic rings. The summed E-state index contributed by atoms with van der Waals surface area (Å²) in [6.07, 6.45) is 17.3. The number of pyridine rings is 6. The number of nitrogens with one attached hydrogen (secondary N) is 5. The second-order valence-electron chi connectivity index (χ2n) is 25.9. The number of hydrogen-bond acceptors (Lipinski definition) is 16. The molecule has 0 saturated heterocycles. The molecule has 0 aliphatic carbocycles. The average Bonchev–Trinajstić information content (AvgIpc) is 0.817. The van der Waals surface area contributed by atoms with E-state index in [9.17, 15) is 41.5 Å². The number of aromatic nitrogens is 6. The minimum absolute atomic E-state index is 0. The van der Waals surface area contributed by atoms with E-state index in [1.807, 2.05) is 62.4 Å². The van der Waals surface area contributed by atoms with E-state index in [1.54, 1.807) is 257 Å². The predicted octanol–water partition coefficient (Wildman–Crippen LogP) is 23.4. The van der Waals surface area contributed by atoms with Gasteiger partial charge in [-0.05, 0) is 202 Å². The smallest absolute Gasteiger partial charge is 0.418 e. The van der Waals surface area contributed by atoms with Crippen LogP contribution in [0.5, 0.6) is 57.5 Å². The van der Waals surface area contributed by atoms with Crippen molar-refractivity contribution in [3.8, 4) is 69.8 Å². The maximum atomic E-state index is 13.3. The number of alkyl halides is 3. The molecule has 5 amide bonds. The van der Waals surface area contributed by atoms with Crippen LogP contribution in [-0.2, 0) is 6.18 Å². The number of nitrogens with zero attached hydrogens (tertiary/aromatic N) is 6. The van der Waals surface area contributed by atoms with Crippen molar-refractivity contribution in [1.29, 1.82) is 0 Å². The van der Waals surface area contributed by atoms with Gasteiger partial charge in [-0.2, -0.15) is 13.2 Å². The van der Waals surface area contributed by atoms with Crippen LogP contribution in [-0.4, -0.2) is 59.4 Å². The summed E-state index contributed by atoms with van der Waals surface area (Å²) < 4.78 is 79.8. The van der Waals surface area contributed by atoms with Gasteiger partial charge in [0, 0.05) is 130 Å². The molecule has 21 nitrogen and oxygen atoms in total. The van der Waals surface area contributed by atoms with Gasteiger partial charge in [0.2, 0.25) is 0 Å². The van der Waals surface area contributed by atoms with Gasteiger partial charge in [-0.25, -0.2) is 4.39 Å². The Hall–Kier alpha value is -16.2. The van der Waals surface area contributed by atoms with Crippen LogP contribution in [0.2, 0.25) is 5.02 Å². The number of carbonyl (C=O) groups is 5. The topological polar surface area (TPSA) is 269 Å². The van der Waals surface area contributed by atoms with Crippen LogP contribution in [0.1, 0.15) is 87.2 Å². The minimum atomic E-state index is -4.50. The number of amides is 5. The molecule has 26 heteroatoms. The molecule has 0 bridgehead atoms. The minimum Gasteiger partial charge on any atom is -0.456 e. The van der Waals surface area contributed by atoms with E-state index in [2.05, 4.69) is 62.4 Å². The Balaban J connectivity index is 0.000000160. The first-order valence-corrected chi connectivity index (χ1v) is 37.1. The van der Waals surface area contributed by atoms with Crippen molar-refractivity contribution in [3.63, 3.8) is 0 Å². The number of ether oxygens (including phenoxy) is 5. The molecule has 15 rings (SSSR count). The number of anilines is 5. The Labute approximate surface area is 705 Å². The lowest BCUT2D eigenvalue weighted by Crippen LogP contribution is -2.13. The zero-order chi connectivity index (χ0) is 85.3. The molecule has 0 spiro atoms. The molecular weight excluding hydrogens is 1580 g/mol. The van der Waals surface area contributed by atoms with Crippen LogP contribution < -0.4 is 50.3 Å². The van der Waals surface area contributed by atoms with E-state index >= 15 is 0 Å². The lowest BCUT2D eigenvalue weighted by Gasteiger charge is -2.11. The van der Waals surface area contributed by atoms with Crippen LogP contribution >= 0.6 is 11.6 Å². The van der Waals surface area contributed by atoms with Gasteiger partial charge in [-0.1, -0.05) is 103 Å². The van der Waals surface area contributed by atoms with Crippen LogP contribution in [0, 0.1) is 38.9 Å². The van der Waals surface area contributed by atoms with E-state index in [4.69, 9.17) is 41.7 Å². The molecule has 0 saturated carbocycles. The van der Waals surface area contributed by atoms with Crippen LogP contribution in [0.3, 0.4) is 0 Å². The molecule has 0 atom stereocenters. The fraction of sp³-hybridized carbons (Fsp3) is 0.0521. The molecule has 6 heterocycles. The van der Waals surface area contributed by atoms with Gasteiger partial charge in [-0.3, -0.25) is 53.9 Å². The summed E-state index contributed by atoms with van der Waals surface area (Å²) in [6.45, 7) is 5.45. The number of benzene rings is 9. The third-order valence-electron chi connectivity index (χ3n) is 16.4. The summed E-state index contributed by atoms with van der Waals surface area (Å²) in [5, 5.41) is 14.5. The van der Waals surface area contributed by atoms with Crippen molar-refractivity contribution in [3.05, 3.63) is 414 Å². The second kappa shape index (κ2) is 44.2. The number of carbonyl (C=O) groups excluding carboxylic acids is 5. The number of rotatable bonds is 20. The molecule has 6 aromatic heterocycles. The van der Waals surface area contributed by atoms with E-state index in [0.717, 1.165) is 23.4 Å². The van der Waals surface area contributed by atoms with Gasteiger partial charge in [0.25, 0.3) is 29.5 Å². The largest absolute Gasteiger partial charge is 0.456 e. The lowest BCUT2D eigenvalue weighted by molar-refractivity contribution is -0.137. The molecule has 0 radical (unpaired) electrons. The number of hydrogen-bond donors (Lipinski definition) is 5. The SMILES string of the molecule is C.C#Cc1cccc(C(=O)Nc2cccc(Oc3cccnc3)c2)c1.Cc1cc(C(=O)Nc2cccc(Oc3cccnc3)c2)ccc1F.Cc1cccc(C(=O)Nc2cccc(Oc3cncc(C(F)(F)F)c3)c2)c1.Cc1cccc(C(=O)Nc2cccc(Oc3cncc(Cl)c3)c2)c1.O=C(Nc1cccc(Oc2cccnc2)c1)c1ccccn1. The molecule has 0 aliphatic heterocycles. The standard InChI is InChI=1S/C20H15F3N2O2.C20H14N2O2.C19H15ClN2O2.C19H15FN2O2.C17H13N3O2.CH4/c1-13-4-2-5-14(8-13)19(26)25-16-6-3-7-17(10-16)27-18-9-15(11-24-12-18)20(21,22)23;1-2-15-6-3-7-16(12-15)20(23)22-17-8-4-9-18(13-17)24-19-10-5-11-21-14-19;1-13-4-2-5-14(8-13)19(23)22-16-6-3-7-17(10-16)24-18-9-15(20)11-21-12-18;1-13-10-14(7-8-18(13)20)19(23)22-15-4-2-5-16(11-15)24-17-6-3-9-21-12-17;21-17(16-8-1-2-10-19-16)20-13-5-3-6-14(11-13)22-15-7-4-9-18-12-15;/h2-12H,1H3,(H,25,26);1,3-14H,(H,22,23);2*2-12H,1H3,(H,22,23);1-12H,(H,20,21);1H4. The van der Waals surface area contributed by atoms with Crippen molar-refractivity contribution < 1.29 is 65.2 Å². The Morgan fingerprint density at radius 2 is 0.705 bits per heavy atom. The Morgan fingerprint density at radius 1 is 0.344 bits per heavy atom. The number of aryl methyl sites for hydroxylation is 3. The summed E-state index contributed by atoms with van der Waals surface area (Å²) >= 11 is 5.89. The zero-order valence-electron chi connectivity index (χ0n) is 64.6.